The predicted molar refractivity (Wildman–Crippen MR) is 102 cm³/mol. The van der Waals surface area contributed by atoms with E-state index in [1.807, 2.05) is 0 Å². The van der Waals surface area contributed by atoms with Crippen LogP contribution >= 0.6 is 0 Å². The second-order valence-corrected chi connectivity index (χ2v) is 8.56. The van der Waals surface area contributed by atoms with Gasteiger partial charge in [0.25, 0.3) is 0 Å². The first kappa shape index (κ1) is 19.3. The van der Waals surface area contributed by atoms with Gasteiger partial charge in [-0.1, -0.05) is 25.5 Å². The second kappa shape index (κ2) is 7.41. The van der Waals surface area contributed by atoms with E-state index in [2.05, 4.69) is 11.7 Å². The minimum absolute atomic E-state index is 0.0294. The smallest absolute Gasteiger partial charge is 0.340 e. The zero-order valence-electron chi connectivity index (χ0n) is 16.2. The van der Waals surface area contributed by atoms with E-state index < -0.39 is 29.0 Å². The molecule has 0 saturated heterocycles. The van der Waals surface area contributed by atoms with Crippen LogP contribution < -0.4 is 0 Å². The lowest BCUT2D eigenvalue weighted by molar-refractivity contribution is 0.0594. The van der Waals surface area contributed by atoms with Crippen LogP contribution in [-0.2, 0) is 4.74 Å². The Kier molecular flexibility index (Phi) is 5.11. The summed E-state index contributed by atoms with van der Waals surface area (Å²) < 4.78 is 48.8. The van der Waals surface area contributed by atoms with Crippen molar-refractivity contribution in [3.05, 3.63) is 46.8 Å². The first-order valence-corrected chi connectivity index (χ1v) is 10.1. The third-order valence-electron chi connectivity index (χ3n) is 6.87. The average molecular weight is 390 g/mol. The van der Waals surface area contributed by atoms with Crippen LogP contribution in [0, 0.1) is 35.2 Å². The highest BCUT2D eigenvalue weighted by molar-refractivity contribution is 5.96. The molecule has 2 unspecified atom stereocenters. The molecule has 2 nitrogen and oxygen atoms in total. The molecule has 0 bridgehead atoms. The van der Waals surface area contributed by atoms with Gasteiger partial charge < -0.3 is 4.74 Å². The summed E-state index contributed by atoms with van der Waals surface area (Å²) in [7, 11) is 1.09. The Hall–Kier alpha value is -2.04. The summed E-state index contributed by atoms with van der Waals surface area (Å²) in [5.74, 6) is -2.27. The number of methoxy groups -OCH3 is 1. The van der Waals surface area contributed by atoms with Crippen molar-refractivity contribution >= 4 is 16.7 Å². The van der Waals surface area contributed by atoms with Gasteiger partial charge >= 0.3 is 5.97 Å². The van der Waals surface area contributed by atoms with Crippen LogP contribution in [0.3, 0.4) is 0 Å². The normalized spacial score (nSPS) is 27.5. The molecule has 2 aromatic carbocycles. The van der Waals surface area contributed by atoms with Gasteiger partial charge in [-0.25, -0.2) is 18.0 Å². The molecule has 5 heteroatoms. The van der Waals surface area contributed by atoms with E-state index in [4.69, 9.17) is 0 Å². The van der Waals surface area contributed by atoms with Gasteiger partial charge in [0.1, 0.15) is 5.82 Å². The number of fused-ring (bicyclic) bond motifs is 2. The van der Waals surface area contributed by atoms with Crippen LogP contribution in [0.15, 0.2) is 18.2 Å². The van der Waals surface area contributed by atoms with Crippen molar-refractivity contribution in [3.8, 4) is 0 Å². The van der Waals surface area contributed by atoms with E-state index in [0.29, 0.717) is 17.4 Å². The predicted octanol–water partition coefficient (Wildman–Crippen LogP) is 6.36. The van der Waals surface area contributed by atoms with Gasteiger partial charge in [0.15, 0.2) is 11.6 Å². The minimum atomic E-state index is -1.36. The first-order chi connectivity index (χ1) is 13.4. The number of carbonyl (C=O) groups is 1. The van der Waals surface area contributed by atoms with Crippen molar-refractivity contribution < 1.29 is 22.7 Å². The van der Waals surface area contributed by atoms with E-state index in [-0.39, 0.29) is 16.7 Å². The summed E-state index contributed by atoms with van der Waals surface area (Å²) in [6.07, 6.45) is 6.47. The molecule has 4 rings (SSSR count). The number of esters is 1. The topological polar surface area (TPSA) is 26.3 Å². The molecule has 2 fully saturated rings. The fourth-order valence-electron chi connectivity index (χ4n) is 5.38. The van der Waals surface area contributed by atoms with Gasteiger partial charge in [-0.15, -0.1) is 0 Å². The third kappa shape index (κ3) is 3.19. The summed E-state index contributed by atoms with van der Waals surface area (Å²) in [6.45, 7) is 2.30. The Bertz CT molecular complexity index is 924. The summed E-state index contributed by atoms with van der Waals surface area (Å²) >= 11 is 0. The van der Waals surface area contributed by atoms with Crippen LogP contribution in [0.1, 0.15) is 67.3 Å². The maximum Gasteiger partial charge on any atom is 0.340 e. The Morgan fingerprint density at radius 1 is 0.964 bits per heavy atom. The van der Waals surface area contributed by atoms with Gasteiger partial charge in [-0.2, -0.15) is 0 Å². The standard InChI is InChI=1S/C23H25F3O2/c1-12-3-4-14-10-15(6-5-13(14)9-12)17-8-7-16-11-18(23(27)28-2)21(25)22(26)19(16)20(17)24/h7-8,11-15H,3-6,9-10H2,1-2H3/t12?,13-,14+,15?/m0/s1. The molecule has 0 heterocycles. The van der Waals surface area contributed by atoms with Gasteiger partial charge in [0, 0.05) is 0 Å². The van der Waals surface area contributed by atoms with Crippen molar-refractivity contribution in [1.29, 1.82) is 0 Å². The Morgan fingerprint density at radius 3 is 2.43 bits per heavy atom. The fraction of sp³-hybridized carbons (Fsp3) is 0.522. The largest absolute Gasteiger partial charge is 0.465 e. The van der Waals surface area contributed by atoms with Gasteiger partial charge in [0.2, 0.25) is 0 Å². The molecular formula is C23H25F3O2. The molecule has 0 amide bonds. The van der Waals surface area contributed by atoms with Gasteiger partial charge in [0.05, 0.1) is 18.1 Å². The molecule has 28 heavy (non-hydrogen) atoms. The van der Waals surface area contributed by atoms with Gasteiger partial charge in [-0.05, 0) is 72.8 Å². The first-order valence-electron chi connectivity index (χ1n) is 10.1. The molecule has 150 valence electrons. The highest BCUT2D eigenvalue weighted by Crippen LogP contribution is 2.48. The number of halogens is 3. The van der Waals surface area contributed by atoms with Crippen molar-refractivity contribution in [1.82, 2.24) is 0 Å². The zero-order chi connectivity index (χ0) is 20.0. The van der Waals surface area contributed by atoms with E-state index in [1.54, 1.807) is 12.1 Å². The van der Waals surface area contributed by atoms with Crippen molar-refractivity contribution in [2.75, 3.05) is 7.11 Å². The van der Waals surface area contributed by atoms with Crippen molar-refractivity contribution in [2.24, 2.45) is 17.8 Å². The van der Waals surface area contributed by atoms with Crippen LogP contribution in [0.2, 0.25) is 0 Å². The number of benzene rings is 2. The summed E-state index contributed by atoms with van der Waals surface area (Å²) in [4.78, 5) is 11.7. The van der Waals surface area contributed by atoms with E-state index in [9.17, 15) is 13.6 Å². The zero-order valence-corrected chi connectivity index (χ0v) is 16.2. The molecule has 0 spiro atoms. The summed E-state index contributed by atoms with van der Waals surface area (Å²) in [5.41, 5.74) is -0.0508. The van der Waals surface area contributed by atoms with Crippen LogP contribution in [-0.4, -0.2) is 13.1 Å². The van der Waals surface area contributed by atoms with Gasteiger partial charge in [-0.3, -0.25) is 0 Å². The van der Waals surface area contributed by atoms with E-state index in [1.165, 1.54) is 19.3 Å². The Morgan fingerprint density at radius 2 is 1.68 bits per heavy atom. The maximum absolute atomic E-state index is 15.3. The van der Waals surface area contributed by atoms with Crippen LogP contribution in [0.4, 0.5) is 13.2 Å². The SMILES string of the molecule is COC(=O)c1cc2ccc(C3CC[C@H]4CC(C)CC[C@@H]4C3)c(F)c2c(F)c1F. The monoisotopic (exact) mass is 390 g/mol. The average Bonchev–Trinajstić information content (AvgIpc) is 2.69. The summed E-state index contributed by atoms with van der Waals surface area (Å²) in [5, 5.41) is -0.206. The lowest BCUT2D eigenvalue weighted by atomic mass is 9.64. The molecule has 0 radical (unpaired) electrons. The molecule has 2 aliphatic carbocycles. The highest BCUT2D eigenvalue weighted by Gasteiger charge is 2.36. The Balaban J connectivity index is 1.70. The third-order valence-corrected chi connectivity index (χ3v) is 6.87. The minimum Gasteiger partial charge on any atom is -0.465 e. The summed E-state index contributed by atoms with van der Waals surface area (Å²) in [6, 6.07) is 4.41. The molecule has 0 aromatic heterocycles. The van der Waals surface area contributed by atoms with Crippen molar-refractivity contribution in [2.45, 2.75) is 51.4 Å². The lowest BCUT2D eigenvalue weighted by Crippen LogP contribution is -2.30. The highest BCUT2D eigenvalue weighted by atomic mass is 19.2. The molecular weight excluding hydrogens is 365 g/mol. The Labute approximate surface area is 163 Å². The molecule has 2 aromatic rings. The van der Waals surface area contributed by atoms with Crippen molar-refractivity contribution in [3.63, 3.8) is 0 Å². The fourth-order valence-corrected chi connectivity index (χ4v) is 5.38. The molecule has 2 saturated carbocycles. The molecule has 0 aliphatic heterocycles. The molecule has 2 aliphatic rings. The van der Waals surface area contributed by atoms with Crippen LogP contribution in [0.25, 0.3) is 10.8 Å². The number of ether oxygens (including phenoxy) is 1. The maximum atomic E-state index is 15.3. The number of hydrogen-bond donors (Lipinski definition) is 0. The van der Waals surface area contributed by atoms with E-state index >= 15 is 4.39 Å². The second-order valence-electron chi connectivity index (χ2n) is 8.56. The van der Waals surface area contributed by atoms with Crippen LogP contribution in [0.5, 0.6) is 0 Å². The number of hydrogen-bond acceptors (Lipinski definition) is 2. The number of carbonyl (C=O) groups excluding carboxylic acids is 1. The van der Waals surface area contributed by atoms with E-state index in [0.717, 1.165) is 38.4 Å². The molecule has 0 N–H and O–H groups in total. The molecule has 4 atom stereocenters. The lowest BCUT2D eigenvalue weighted by Gasteiger charge is -2.41. The number of rotatable bonds is 2. The quantitative estimate of drug-likeness (QED) is 0.558.